The van der Waals surface area contributed by atoms with E-state index >= 15 is 0 Å². The Morgan fingerprint density at radius 3 is 2.30 bits per heavy atom. The standard InChI is InChI=1S/C28H32F3N5O/c1-17(2)25-26-21-14-18(6-8-23(21)32-16-36(26)34(5)27(25)37)19-7-9-24(22(15-19)28(29,30)31)35-12-10-20(11-13-35)33(3)4/h6-9,14-17,20H,10-13H2,1-5H3. The van der Waals surface area contributed by atoms with Crippen molar-refractivity contribution in [3.63, 3.8) is 0 Å². The van der Waals surface area contributed by atoms with E-state index in [-0.39, 0.29) is 17.2 Å². The molecule has 37 heavy (non-hydrogen) atoms. The number of hydrogen-bond donors (Lipinski definition) is 0. The average Bonchev–Trinajstić information content (AvgIpc) is 3.13. The SMILES string of the molecule is CC(C)c1c(=O)n(C)n2cnc3ccc(-c4ccc(N5CCC(N(C)C)CC5)c(C(F)(F)F)c4)cc3c12. The minimum atomic E-state index is -4.48. The van der Waals surface area contributed by atoms with Gasteiger partial charge in [-0.2, -0.15) is 13.2 Å². The number of piperidine rings is 1. The summed E-state index contributed by atoms with van der Waals surface area (Å²) < 4.78 is 46.0. The molecular formula is C28H32F3N5O. The fourth-order valence-corrected chi connectivity index (χ4v) is 5.55. The molecule has 196 valence electrons. The van der Waals surface area contributed by atoms with Crippen LogP contribution in [0.4, 0.5) is 18.9 Å². The first-order valence-electron chi connectivity index (χ1n) is 12.6. The second kappa shape index (κ2) is 9.20. The Hall–Kier alpha value is -3.33. The number of nitrogens with zero attached hydrogens (tertiary/aromatic N) is 5. The monoisotopic (exact) mass is 511 g/mol. The van der Waals surface area contributed by atoms with E-state index in [9.17, 15) is 18.0 Å². The van der Waals surface area contributed by atoms with E-state index in [0.29, 0.717) is 41.3 Å². The number of halogens is 3. The summed E-state index contributed by atoms with van der Waals surface area (Å²) in [6.45, 7) is 5.10. The predicted octanol–water partition coefficient (Wildman–Crippen LogP) is 5.53. The van der Waals surface area contributed by atoms with Crippen LogP contribution in [0.15, 0.2) is 47.5 Å². The van der Waals surface area contributed by atoms with E-state index in [4.69, 9.17) is 0 Å². The number of fused-ring (bicyclic) bond motifs is 3. The summed E-state index contributed by atoms with van der Waals surface area (Å²) in [5.41, 5.74) is 2.73. The summed E-state index contributed by atoms with van der Waals surface area (Å²) in [5.74, 6) is -0.0225. The number of benzene rings is 2. The van der Waals surface area contributed by atoms with Crippen LogP contribution in [0.5, 0.6) is 0 Å². The lowest BCUT2D eigenvalue weighted by Crippen LogP contribution is -2.42. The molecule has 3 heterocycles. The van der Waals surface area contributed by atoms with Crippen molar-refractivity contribution in [3.05, 3.63) is 64.2 Å². The van der Waals surface area contributed by atoms with E-state index in [1.165, 1.54) is 10.7 Å². The number of alkyl halides is 3. The lowest BCUT2D eigenvalue weighted by atomic mass is 9.96. The van der Waals surface area contributed by atoms with Crippen molar-refractivity contribution in [3.8, 4) is 11.1 Å². The highest BCUT2D eigenvalue weighted by Gasteiger charge is 2.36. The van der Waals surface area contributed by atoms with Crippen LogP contribution in [0, 0.1) is 0 Å². The van der Waals surface area contributed by atoms with Gasteiger partial charge >= 0.3 is 6.18 Å². The first-order valence-corrected chi connectivity index (χ1v) is 12.6. The molecule has 1 aliphatic rings. The molecule has 2 aromatic carbocycles. The molecule has 0 bridgehead atoms. The molecule has 5 rings (SSSR count). The maximum Gasteiger partial charge on any atom is 0.418 e. The van der Waals surface area contributed by atoms with Crippen molar-refractivity contribution in [2.24, 2.45) is 7.05 Å². The molecule has 0 spiro atoms. The van der Waals surface area contributed by atoms with Crippen molar-refractivity contribution >= 4 is 22.1 Å². The van der Waals surface area contributed by atoms with Crippen molar-refractivity contribution in [2.45, 2.75) is 44.8 Å². The van der Waals surface area contributed by atoms with Gasteiger partial charge in [-0.25, -0.2) is 14.2 Å². The maximum atomic E-state index is 14.3. The Morgan fingerprint density at radius 2 is 1.68 bits per heavy atom. The zero-order valence-corrected chi connectivity index (χ0v) is 21.8. The molecule has 1 aliphatic heterocycles. The zero-order valence-electron chi connectivity index (χ0n) is 21.8. The molecule has 2 aromatic heterocycles. The lowest BCUT2D eigenvalue weighted by molar-refractivity contribution is -0.137. The van der Waals surface area contributed by atoms with E-state index in [2.05, 4.69) is 9.88 Å². The van der Waals surface area contributed by atoms with Crippen molar-refractivity contribution in [2.75, 3.05) is 32.1 Å². The fourth-order valence-electron chi connectivity index (χ4n) is 5.55. The highest BCUT2D eigenvalue weighted by Crippen LogP contribution is 2.40. The largest absolute Gasteiger partial charge is 0.418 e. The highest BCUT2D eigenvalue weighted by atomic mass is 19.4. The molecule has 1 saturated heterocycles. The first-order chi connectivity index (χ1) is 17.5. The Kier molecular flexibility index (Phi) is 6.30. The maximum absolute atomic E-state index is 14.3. The van der Waals surface area contributed by atoms with Crippen LogP contribution < -0.4 is 10.5 Å². The molecule has 0 unspecified atom stereocenters. The predicted molar refractivity (Wildman–Crippen MR) is 141 cm³/mol. The van der Waals surface area contributed by atoms with Gasteiger partial charge in [0, 0.05) is 42.8 Å². The average molecular weight is 512 g/mol. The molecule has 0 radical (unpaired) electrons. The molecule has 4 aromatic rings. The van der Waals surface area contributed by atoms with Gasteiger partial charge in [-0.3, -0.25) is 4.79 Å². The van der Waals surface area contributed by atoms with Crippen molar-refractivity contribution < 1.29 is 13.2 Å². The van der Waals surface area contributed by atoms with Crippen LogP contribution in [-0.4, -0.2) is 52.3 Å². The Balaban J connectivity index is 1.62. The topological polar surface area (TPSA) is 45.8 Å². The number of rotatable bonds is 4. The third-order valence-electron chi connectivity index (χ3n) is 7.64. The lowest BCUT2D eigenvalue weighted by Gasteiger charge is -2.37. The minimum Gasteiger partial charge on any atom is -0.371 e. The third kappa shape index (κ3) is 4.39. The van der Waals surface area contributed by atoms with Gasteiger partial charge in [0.2, 0.25) is 0 Å². The molecule has 0 N–H and O–H groups in total. The van der Waals surface area contributed by atoms with Crippen LogP contribution in [0.2, 0.25) is 0 Å². The second-order valence-corrected chi connectivity index (χ2v) is 10.5. The normalized spacial score (nSPS) is 15.6. The van der Waals surface area contributed by atoms with Crippen LogP contribution in [0.25, 0.3) is 27.5 Å². The van der Waals surface area contributed by atoms with Gasteiger partial charge in [-0.1, -0.05) is 26.0 Å². The summed E-state index contributed by atoms with van der Waals surface area (Å²) in [7, 11) is 5.71. The van der Waals surface area contributed by atoms with E-state index < -0.39 is 11.7 Å². The molecule has 0 saturated carbocycles. The Bertz CT molecular complexity index is 1530. The number of aryl methyl sites for hydroxylation is 1. The van der Waals surface area contributed by atoms with Crippen molar-refractivity contribution in [1.29, 1.82) is 0 Å². The van der Waals surface area contributed by atoms with E-state index in [1.54, 1.807) is 42.2 Å². The molecule has 0 atom stereocenters. The van der Waals surface area contributed by atoms with Gasteiger partial charge in [0.05, 0.1) is 16.6 Å². The van der Waals surface area contributed by atoms with Crippen LogP contribution in [0.1, 0.15) is 43.7 Å². The summed E-state index contributed by atoms with van der Waals surface area (Å²) in [4.78, 5) is 21.4. The Morgan fingerprint density at radius 1 is 1.03 bits per heavy atom. The highest BCUT2D eigenvalue weighted by molar-refractivity contribution is 5.97. The van der Waals surface area contributed by atoms with Gasteiger partial charge in [-0.05, 0) is 68.2 Å². The molecule has 9 heteroatoms. The third-order valence-corrected chi connectivity index (χ3v) is 7.64. The first kappa shape index (κ1) is 25.3. The number of anilines is 1. The van der Waals surface area contributed by atoms with Gasteiger partial charge in [0.15, 0.2) is 0 Å². The summed E-state index contributed by atoms with van der Waals surface area (Å²) in [6.07, 6.45) is -1.21. The van der Waals surface area contributed by atoms with Gasteiger partial charge < -0.3 is 9.80 Å². The zero-order chi connectivity index (χ0) is 26.6. The number of aromatic nitrogens is 3. The van der Waals surface area contributed by atoms with Crippen molar-refractivity contribution in [1.82, 2.24) is 19.1 Å². The molecule has 6 nitrogen and oxygen atoms in total. The fraction of sp³-hybridized carbons (Fsp3) is 0.429. The number of hydrogen-bond acceptors (Lipinski definition) is 4. The second-order valence-electron chi connectivity index (χ2n) is 10.5. The smallest absolute Gasteiger partial charge is 0.371 e. The van der Waals surface area contributed by atoms with Crippen LogP contribution in [-0.2, 0) is 13.2 Å². The van der Waals surface area contributed by atoms with E-state index in [0.717, 1.165) is 23.7 Å². The minimum absolute atomic E-state index is 0.0225. The molecule has 0 aliphatic carbocycles. The van der Waals surface area contributed by atoms with E-state index in [1.807, 2.05) is 38.9 Å². The summed E-state index contributed by atoms with van der Waals surface area (Å²) in [6, 6.07) is 10.4. The summed E-state index contributed by atoms with van der Waals surface area (Å²) >= 11 is 0. The summed E-state index contributed by atoms with van der Waals surface area (Å²) in [5, 5.41) is 0.741. The van der Waals surface area contributed by atoms with Gasteiger partial charge in [0.1, 0.15) is 6.33 Å². The van der Waals surface area contributed by atoms with Gasteiger partial charge in [0.25, 0.3) is 5.56 Å². The quantitative estimate of drug-likeness (QED) is 0.362. The molecule has 0 amide bonds. The van der Waals surface area contributed by atoms with Crippen LogP contribution >= 0.6 is 0 Å². The molecular weight excluding hydrogens is 479 g/mol. The molecule has 1 fully saturated rings. The van der Waals surface area contributed by atoms with Crippen LogP contribution in [0.3, 0.4) is 0 Å². The van der Waals surface area contributed by atoms with Gasteiger partial charge in [-0.15, -0.1) is 0 Å². The Labute approximate surface area is 213 Å².